The third-order valence-electron chi connectivity index (χ3n) is 3.56. The molecule has 0 fully saturated rings. The van der Waals surface area contributed by atoms with Gasteiger partial charge in [-0.3, -0.25) is 5.32 Å². The van der Waals surface area contributed by atoms with Crippen molar-refractivity contribution in [1.29, 1.82) is 5.26 Å². The minimum Gasteiger partial charge on any atom is -0.374 e. The van der Waals surface area contributed by atoms with Crippen molar-refractivity contribution in [3.05, 3.63) is 29.3 Å². The standard InChI is InChI=1S/C17H27N3/c1-13(2)19-17(5,12-18)9-10-20(6)16-8-7-14(3)11-15(16)4/h7-8,11,13,19H,9-10H2,1-6H3. The van der Waals surface area contributed by atoms with E-state index in [1.807, 2.05) is 6.92 Å². The molecule has 0 saturated heterocycles. The molecule has 0 aromatic heterocycles. The fourth-order valence-electron chi connectivity index (χ4n) is 2.54. The summed E-state index contributed by atoms with van der Waals surface area (Å²) in [5.74, 6) is 0. The molecule has 1 aromatic carbocycles. The molecule has 0 aliphatic rings. The monoisotopic (exact) mass is 273 g/mol. The Morgan fingerprint density at radius 3 is 2.50 bits per heavy atom. The summed E-state index contributed by atoms with van der Waals surface area (Å²) in [5, 5.41) is 12.7. The van der Waals surface area contributed by atoms with Gasteiger partial charge < -0.3 is 4.90 Å². The lowest BCUT2D eigenvalue weighted by molar-refractivity contribution is 0.384. The highest BCUT2D eigenvalue weighted by atomic mass is 15.1. The quantitative estimate of drug-likeness (QED) is 0.863. The molecule has 0 radical (unpaired) electrons. The minimum absolute atomic E-state index is 0.311. The largest absolute Gasteiger partial charge is 0.374 e. The van der Waals surface area contributed by atoms with Crippen LogP contribution in [0.15, 0.2) is 18.2 Å². The van der Waals surface area contributed by atoms with E-state index in [1.165, 1.54) is 16.8 Å². The molecule has 1 atom stereocenters. The Hall–Kier alpha value is -1.53. The minimum atomic E-state index is -0.471. The van der Waals surface area contributed by atoms with Gasteiger partial charge in [0.2, 0.25) is 0 Å². The van der Waals surface area contributed by atoms with E-state index >= 15 is 0 Å². The van der Waals surface area contributed by atoms with Crippen molar-refractivity contribution in [3.63, 3.8) is 0 Å². The van der Waals surface area contributed by atoms with Crippen molar-refractivity contribution in [3.8, 4) is 6.07 Å². The van der Waals surface area contributed by atoms with Crippen LogP contribution in [-0.4, -0.2) is 25.2 Å². The Labute approximate surface area is 123 Å². The van der Waals surface area contributed by atoms with Crippen molar-refractivity contribution in [2.24, 2.45) is 0 Å². The second kappa shape index (κ2) is 6.76. The molecule has 1 aromatic rings. The van der Waals surface area contributed by atoms with Crippen molar-refractivity contribution in [2.75, 3.05) is 18.5 Å². The van der Waals surface area contributed by atoms with Gasteiger partial charge in [-0.05, 0) is 52.7 Å². The summed E-state index contributed by atoms with van der Waals surface area (Å²) in [7, 11) is 2.09. The van der Waals surface area contributed by atoms with Gasteiger partial charge in [0.1, 0.15) is 5.54 Å². The molecule has 0 heterocycles. The van der Waals surface area contributed by atoms with Crippen LogP contribution in [0.3, 0.4) is 0 Å². The first-order valence-corrected chi connectivity index (χ1v) is 7.25. The van der Waals surface area contributed by atoms with E-state index in [0.717, 1.165) is 13.0 Å². The summed E-state index contributed by atoms with van der Waals surface area (Å²) in [6.07, 6.45) is 0.797. The predicted molar refractivity (Wildman–Crippen MR) is 86.1 cm³/mol. The van der Waals surface area contributed by atoms with Crippen LogP contribution in [0.2, 0.25) is 0 Å². The smallest absolute Gasteiger partial charge is 0.105 e. The number of nitrogens with one attached hydrogen (secondary N) is 1. The van der Waals surface area contributed by atoms with Crippen molar-refractivity contribution >= 4 is 5.69 Å². The second-order valence-corrected chi connectivity index (χ2v) is 6.20. The van der Waals surface area contributed by atoms with Gasteiger partial charge in [0.25, 0.3) is 0 Å². The lowest BCUT2D eigenvalue weighted by atomic mass is 9.98. The topological polar surface area (TPSA) is 39.1 Å². The summed E-state index contributed by atoms with van der Waals surface area (Å²) < 4.78 is 0. The highest BCUT2D eigenvalue weighted by molar-refractivity contribution is 5.53. The van der Waals surface area contributed by atoms with E-state index in [2.05, 4.69) is 69.2 Å². The molecule has 1 rings (SSSR count). The van der Waals surface area contributed by atoms with Crippen LogP contribution in [0.4, 0.5) is 5.69 Å². The fourth-order valence-corrected chi connectivity index (χ4v) is 2.54. The van der Waals surface area contributed by atoms with Crippen LogP contribution in [0.25, 0.3) is 0 Å². The van der Waals surface area contributed by atoms with Gasteiger partial charge >= 0.3 is 0 Å². The lowest BCUT2D eigenvalue weighted by Crippen LogP contribution is -2.46. The van der Waals surface area contributed by atoms with Crippen LogP contribution >= 0.6 is 0 Å². The summed E-state index contributed by atoms with van der Waals surface area (Å²) >= 11 is 0. The second-order valence-electron chi connectivity index (χ2n) is 6.20. The first-order chi connectivity index (χ1) is 9.27. The van der Waals surface area contributed by atoms with Gasteiger partial charge in [-0.2, -0.15) is 5.26 Å². The van der Waals surface area contributed by atoms with E-state index in [0.29, 0.717) is 6.04 Å². The van der Waals surface area contributed by atoms with Crippen LogP contribution in [0, 0.1) is 25.2 Å². The Balaban J connectivity index is 2.71. The molecular weight excluding hydrogens is 246 g/mol. The zero-order valence-corrected chi connectivity index (χ0v) is 13.6. The average molecular weight is 273 g/mol. The van der Waals surface area contributed by atoms with E-state index in [4.69, 9.17) is 0 Å². The van der Waals surface area contributed by atoms with Gasteiger partial charge in [0, 0.05) is 25.3 Å². The number of rotatable bonds is 6. The van der Waals surface area contributed by atoms with Crippen molar-refractivity contribution < 1.29 is 0 Å². The highest BCUT2D eigenvalue weighted by Crippen LogP contribution is 2.21. The molecular formula is C17H27N3. The van der Waals surface area contributed by atoms with Gasteiger partial charge in [-0.25, -0.2) is 0 Å². The maximum absolute atomic E-state index is 9.38. The highest BCUT2D eigenvalue weighted by Gasteiger charge is 2.24. The number of anilines is 1. The molecule has 3 nitrogen and oxygen atoms in total. The molecule has 0 aliphatic heterocycles. The normalized spacial score (nSPS) is 13.9. The van der Waals surface area contributed by atoms with Crippen LogP contribution in [-0.2, 0) is 0 Å². The molecule has 110 valence electrons. The van der Waals surface area contributed by atoms with E-state index in [-0.39, 0.29) is 0 Å². The molecule has 1 N–H and O–H groups in total. The number of nitrogens with zero attached hydrogens (tertiary/aromatic N) is 2. The first kappa shape index (κ1) is 16.5. The zero-order valence-electron chi connectivity index (χ0n) is 13.6. The zero-order chi connectivity index (χ0) is 15.3. The van der Waals surface area contributed by atoms with E-state index in [1.54, 1.807) is 0 Å². The van der Waals surface area contributed by atoms with Crippen molar-refractivity contribution in [1.82, 2.24) is 5.32 Å². The van der Waals surface area contributed by atoms with E-state index in [9.17, 15) is 5.26 Å². The Morgan fingerprint density at radius 1 is 1.35 bits per heavy atom. The molecule has 1 unspecified atom stereocenters. The summed E-state index contributed by atoms with van der Waals surface area (Å²) in [6.45, 7) is 11.2. The number of hydrogen-bond donors (Lipinski definition) is 1. The molecule has 3 heteroatoms. The predicted octanol–water partition coefficient (Wildman–Crippen LogP) is 3.41. The molecule has 0 saturated carbocycles. The molecule has 0 aliphatic carbocycles. The number of benzene rings is 1. The molecule has 20 heavy (non-hydrogen) atoms. The molecule has 0 spiro atoms. The summed E-state index contributed by atoms with van der Waals surface area (Å²) in [5.41, 5.74) is 3.33. The van der Waals surface area contributed by atoms with Crippen molar-refractivity contribution in [2.45, 2.75) is 52.6 Å². The maximum atomic E-state index is 9.38. The summed E-state index contributed by atoms with van der Waals surface area (Å²) in [4.78, 5) is 2.23. The van der Waals surface area contributed by atoms with Crippen LogP contribution < -0.4 is 10.2 Å². The fraction of sp³-hybridized carbons (Fsp3) is 0.588. The molecule has 0 amide bonds. The van der Waals surface area contributed by atoms with E-state index < -0.39 is 5.54 Å². The maximum Gasteiger partial charge on any atom is 0.105 e. The third kappa shape index (κ3) is 4.54. The van der Waals surface area contributed by atoms with Gasteiger partial charge in [-0.15, -0.1) is 0 Å². The Morgan fingerprint density at radius 2 is 2.00 bits per heavy atom. The summed E-state index contributed by atoms with van der Waals surface area (Å²) in [6, 6.07) is 9.20. The average Bonchev–Trinajstić information content (AvgIpc) is 2.35. The number of hydrogen-bond acceptors (Lipinski definition) is 3. The third-order valence-corrected chi connectivity index (χ3v) is 3.56. The Kier molecular flexibility index (Phi) is 5.59. The van der Waals surface area contributed by atoms with Crippen LogP contribution in [0.5, 0.6) is 0 Å². The van der Waals surface area contributed by atoms with Gasteiger partial charge in [0.15, 0.2) is 0 Å². The van der Waals surface area contributed by atoms with Gasteiger partial charge in [0.05, 0.1) is 6.07 Å². The first-order valence-electron chi connectivity index (χ1n) is 7.25. The lowest BCUT2D eigenvalue weighted by Gasteiger charge is -2.29. The number of aryl methyl sites for hydroxylation is 2. The van der Waals surface area contributed by atoms with Crippen LogP contribution in [0.1, 0.15) is 38.3 Å². The SMILES string of the molecule is Cc1ccc(N(C)CCC(C)(C#N)NC(C)C)c(C)c1. The number of nitriles is 1. The van der Waals surface area contributed by atoms with Gasteiger partial charge in [-0.1, -0.05) is 17.7 Å². The Bertz CT molecular complexity index is 487. The molecule has 0 bridgehead atoms.